The zero-order valence-electron chi connectivity index (χ0n) is 12.0. The van der Waals surface area contributed by atoms with Crippen molar-refractivity contribution in [3.63, 3.8) is 0 Å². The van der Waals surface area contributed by atoms with Crippen molar-refractivity contribution in [3.05, 3.63) is 17.0 Å². The van der Waals surface area contributed by atoms with Gasteiger partial charge in [0.2, 0.25) is 5.91 Å². The van der Waals surface area contributed by atoms with Gasteiger partial charge in [-0.05, 0) is 13.8 Å². The molecule has 0 spiro atoms. The lowest BCUT2D eigenvalue weighted by atomic mass is 10.1. The van der Waals surface area contributed by atoms with Crippen LogP contribution in [0.15, 0.2) is 0 Å². The molecule has 6 heteroatoms. The average Bonchev–Trinajstić information content (AvgIpc) is 2.65. The van der Waals surface area contributed by atoms with Crippen molar-refractivity contribution in [2.24, 2.45) is 12.8 Å². The van der Waals surface area contributed by atoms with Gasteiger partial charge in [-0.3, -0.25) is 14.4 Å². The molecule has 0 bridgehead atoms. The molecule has 1 aliphatic rings. The zero-order valence-corrected chi connectivity index (χ0v) is 12.0. The molecule has 2 rings (SSSR count). The number of hydrogen-bond donors (Lipinski definition) is 1. The molecule has 0 atom stereocenters. The quantitative estimate of drug-likeness (QED) is 0.810. The maximum atomic E-state index is 11.5. The second-order valence-electron chi connectivity index (χ2n) is 5.13. The van der Waals surface area contributed by atoms with Gasteiger partial charge in [0.1, 0.15) is 0 Å². The molecule has 0 aliphatic carbocycles. The second-order valence-corrected chi connectivity index (χ2v) is 5.13. The Kier molecular flexibility index (Phi) is 4.21. The van der Waals surface area contributed by atoms with Crippen LogP contribution in [0.2, 0.25) is 0 Å². The van der Waals surface area contributed by atoms with E-state index in [9.17, 15) is 4.79 Å². The largest absolute Gasteiger partial charge is 0.339 e. The zero-order chi connectivity index (χ0) is 14.0. The van der Waals surface area contributed by atoms with Crippen molar-refractivity contribution in [2.75, 3.05) is 32.7 Å². The van der Waals surface area contributed by atoms with Crippen LogP contribution in [0.1, 0.15) is 17.0 Å². The summed E-state index contributed by atoms with van der Waals surface area (Å²) >= 11 is 0. The first-order valence-corrected chi connectivity index (χ1v) is 6.72. The standard InChI is InChI=1S/C13H23N5O/c1-10-12(11(2)16(3)15-10)9-17-4-6-18(7-5-17)13(19)8-14/h4-9,14H2,1-3H3. The highest BCUT2D eigenvalue weighted by molar-refractivity contribution is 5.78. The molecule has 2 N–H and O–H groups in total. The van der Waals surface area contributed by atoms with Crippen molar-refractivity contribution >= 4 is 5.91 Å². The SMILES string of the molecule is Cc1nn(C)c(C)c1CN1CCN(C(=O)CN)CC1. The van der Waals surface area contributed by atoms with E-state index in [4.69, 9.17) is 5.73 Å². The van der Waals surface area contributed by atoms with Gasteiger partial charge in [-0.25, -0.2) is 0 Å². The minimum atomic E-state index is 0.0494. The van der Waals surface area contributed by atoms with E-state index in [1.807, 2.05) is 16.6 Å². The Hall–Kier alpha value is -1.40. The van der Waals surface area contributed by atoms with E-state index in [1.165, 1.54) is 11.3 Å². The van der Waals surface area contributed by atoms with Crippen LogP contribution in [-0.4, -0.2) is 58.2 Å². The van der Waals surface area contributed by atoms with E-state index in [2.05, 4.69) is 23.8 Å². The number of amides is 1. The van der Waals surface area contributed by atoms with Gasteiger partial charge in [0.15, 0.2) is 0 Å². The second kappa shape index (κ2) is 5.71. The summed E-state index contributed by atoms with van der Waals surface area (Å²) in [4.78, 5) is 15.7. The topological polar surface area (TPSA) is 67.4 Å². The van der Waals surface area contributed by atoms with Crippen LogP contribution in [0.3, 0.4) is 0 Å². The van der Waals surface area contributed by atoms with Gasteiger partial charge in [0.25, 0.3) is 0 Å². The molecule has 0 unspecified atom stereocenters. The monoisotopic (exact) mass is 265 g/mol. The first-order chi connectivity index (χ1) is 9.02. The fourth-order valence-electron chi connectivity index (χ4n) is 2.55. The first kappa shape index (κ1) is 14.0. The predicted molar refractivity (Wildman–Crippen MR) is 73.6 cm³/mol. The number of nitrogens with zero attached hydrogens (tertiary/aromatic N) is 4. The molecule has 1 aromatic rings. The normalized spacial score (nSPS) is 16.9. The Morgan fingerprint density at radius 2 is 1.89 bits per heavy atom. The summed E-state index contributed by atoms with van der Waals surface area (Å²) < 4.78 is 1.93. The van der Waals surface area contributed by atoms with Crippen LogP contribution in [0.5, 0.6) is 0 Å². The Morgan fingerprint density at radius 3 is 2.37 bits per heavy atom. The molecule has 1 aliphatic heterocycles. The first-order valence-electron chi connectivity index (χ1n) is 6.72. The van der Waals surface area contributed by atoms with Gasteiger partial charge in [0.05, 0.1) is 12.2 Å². The number of aryl methyl sites for hydroxylation is 2. The molecule has 106 valence electrons. The molecule has 1 amide bonds. The van der Waals surface area contributed by atoms with Crippen molar-refractivity contribution < 1.29 is 4.79 Å². The summed E-state index contributed by atoms with van der Waals surface area (Å²) in [6, 6.07) is 0. The summed E-state index contributed by atoms with van der Waals surface area (Å²) in [5.74, 6) is 0.0494. The lowest BCUT2D eigenvalue weighted by Gasteiger charge is -2.34. The summed E-state index contributed by atoms with van der Waals surface area (Å²) in [5, 5.41) is 4.44. The lowest BCUT2D eigenvalue weighted by Crippen LogP contribution is -2.49. The third-order valence-electron chi connectivity index (χ3n) is 3.94. The maximum Gasteiger partial charge on any atom is 0.236 e. The van der Waals surface area contributed by atoms with Crippen LogP contribution in [0, 0.1) is 13.8 Å². The molecule has 2 heterocycles. The Labute approximate surface area is 114 Å². The smallest absolute Gasteiger partial charge is 0.236 e. The van der Waals surface area contributed by atoms with E-state index < -0.39 is 0 Å². The van der Waals surface area contributed by atoms with Gasteiger partial charge < -0.3 is 10.6 Å². The van der Waals surface area contributed by atoms with Gasteiger partial charge in [-0.1, -0.05) is 0 Å². The number of nitrogens with two attached hydrogens (primary N) is 1. The third kappa shape index (κ3) is 2.96. The van der Waals surface area contributed by atoms with E-state index in [0.29, 0.717) is 0 Å². The minimum absolute atomic E-state index is 0.0494. The molecular weight excluding hydrogens is 242 g/mol. The summed E-state index contributed by atoms with van der Waals surface area (Å²) in [7, 11) is 1.98. The molecule has 0 saturated carbocycles. The number of carbonyl (C=O) groups excluding carboxylic acids is 1. The highest BCUT2D eigenvalue weighted by atomic mass is 16.2. The van der Waals surface area contributed by atoms with Crippen molar-refractivity contribution in [1.82, 2.24) is 19.6 Å². The molecule has 0 radical (unpaired) electrons. The number of carbonyl (C=O) groups is 1. The van der Waals surface area contributed by atoms with Gasteiger partial charge in [-0.15, -0.1) is 0 Å². The van der Waals surface area contributed by atoms with Gasteiger partial charge in [-0.2, -0.15) is 5.10 Å². The number of piperazine rings is 1. The summed E-state index contributed by atoms with van der Waals surface area (Å²) in [5.41, 5.74) is 9.01. The van der Waals surface area contributed by atoms with E-state index in [0.717, 1.165) is 38.4 Å². The fraction of sp³-hybridized carbons (Fsp3) is 0.692. The molecule has 19 heavy (non-hydrogen) atoms. The van der Waals surface area contributed by atoms with Crippen molar-refractivity contribution in [2.45, 2.75) is 20.4 Å². The molecule has 1 saturated heterocycles. The Balaban J connectivity index is 1.94. The van der Waals surface area contributed by atoms with Crippen LogP contribution >= 0.6 is 0 Å². The molecule has 0 aromatic carbocycles. The molecule has 6 nitrogen and oxygen atoms in total. The van der Waals surface area contributed by atoms with Crippen molar-refractivity contribution in [3.8, 4) is 0 Å². The van der Waals surface area contributed by atoms with E-state index in [1.54, 1.807) is 0 Å². The number of aromatic nitrogens is 2. The van der Waals surface area contributed by atoms with E-state index in [-0.39, 0.29) is 12.5 Å². The van der Waals surface area contributed by atoms with E-state index >= 15 is 0 Å². The lowest BCUT2D eigenvalue weighted by molar-refractivity contribution is -0.131. The van der Waals surface area contributed by atoms with Crippen LogP contribution in [0.4, 0.5) is 0 Å². The minimum Gasteiger partial charge on any atom is -0.339 e. The maximum absolute atomic E-state index is 11.5. The third-order valence-corrected chi connectivity index (χ3v) is 3.94. The molecule has 1 aromatic heterocycles. The van der Waals surface area contributed by atoms with Crippen LogP contribution < -0.4 is 5.73 Å². The average molecular weight is 265 g/mol. The van der Waals surface area contributed by atoms with Gasteiger partial charge >= 0.3 is 0 Å². The highest BCUT2D eigenvalue weighted by Gasteiger charge is 2.21. The highest BCUT2D eigenvalue weighted by Crippen LogP contribution is 2.15. The fourth-order valence-corrected chi connectivity index (χ4v) is 2.55. The predicted octanol–water partition coefficient (Wildman–Crippen LogP) is -0.360. The van der Waals surface area contributed by atoms with Crippen molar-refractivity contribution in [1.29, 1.82) is 0 Å². The number of rotatable bonds is 3. The Bertz CT molecular complexity index is 460. The van der Waals surface area contributed by atoms with Crippen LogP contribution in [0.25, 0.3) is 0 Å². The Morgan fingerprint density at radius 1 is 1.26 bits per heavy atom. The molecule has 1 fully saturated rings. The number of hydrogen-bond acceptors (Lipinski definition) is 4. The van der Waals surface area contributed by atoms with Gasteiger partial charge in [0, 0.05) is 51.0 Å². The summed E-state index contributed by atoms with van der Waals surface area (Å²) in [6.45, 7) is 8.53. The molecular formula is C13H23N5O. The van der Waals surface area contributed by atoms with Crippen LogP contribution in [-0.2, 0) is 18.4 Å². The summed E-state index contributed by atoms with van der Waals surface area (Å²) in [6.07, 6.45) is 0.